The Labute approximate surface area is 83.1 Å². The summed E-state index contributed by atoms with van der Waals surface area (Å²) in [6, 6.07) is -1.09. The van der Waals surface area contributed by atoms with Gasteiger partial charge in [-0.1, -0.05) is 6.92 Å². The van der Waals surface area contributed by atoms with Gasteiger partial charge < -0.3 is 15.3 Å². The van der Waals surface area contributed by atoms with Gasteiger partial charge in [0.05, 0.1) is 0 Å². The van der Waals surface area contributed by atoms with Crippen LogP contribution in [0.15, 0.2) is 0 Å². The third-order valence-electron chi connectivity index (χ3n) is 2.42. The number of nitrogens with one attached hydrogen (secondary N) is 1. The Morgan fingerprint density at radius 2 is 2.21 bits per heavy atom. The second-order valence-corrected chi connectivity index (χ2v) is 3.85. The number of aliphatic carboxylic acids is 1. The van der Waals surface area contributed by atoms with Crippen LogP contribution >= 0.6 is 0 Å². The first kappa shape index (κ1) is 10.8. The van der Waals surface area contributed by atoms with Gasteiger partial charge in [-0.25, -0.2) is 4.79 Å². The zero-order valence-corrected chi connectivity index (χ0v) is 8.49. The predicted molar refractivity (Wildman–Crippen MR) is 51.0 cm³/mol. The van der Waals surface area contributed by atoms with Gasteiger partial charge in [-0.3, -0.25) is 4.79 Å². The molecule has 1 heterocycles. The number of amides is 2. The minimum Gasteiger partial charge on any atom is -0.480 e. The molecule has 0 aromatic rings. The lowest BCUT2D eigenvalue weighted by atomic mass is 10.2. The summed E-state index contributed by atoms with van der Waals surface area (Å²) in [5.74, 6) is -0.494. The van der Waals surface area contributed by atoms with E-state index in [4.69, 9.17) is 5.11 Å². The van der Waals surface area contributed by atoms with Gasteiger partial charge in [-0.2, -0.15) is 0 Å². The largest absolute Gasteiger partial charge is 0.480 e. The molecule has 1 aliphatic rings. The molecule has 2 atom stereocenters. The highest BCUT2D eigenvalue weighted by molar-refractivity contribution is 5.82. The summed E-state index contributed by atoms with van der Waals surface area (Å²) < 4.78 is 0. The van der Waals surface area contributed by atoms with Crippen LogP contribution in [0.1, 0.15) is 20.3 Å². The molecule has 1 rings (SSSR count). The van der Waals surface area contributed by atoms with Crippen LogP contribution in [-0.2, 0) is 4.79 Å². The van der Waals surface area contributed by atoms with Crippen LogP contribution in [0.4, 0.5) is 4.79 Å². The lowest BCUT2D eigenvalue weighted by molar-refractivity contribution is -0.138. The lowest BCUT2D eigenvalue weighted by Crippen LogP contribution is -2.45. The summed E-state index contributed by atoms with van der Waals surface area (Å²) in [4.78, 5) is 23.6. The Bertz CT molecular complexity index is 242. The van der Waals surface area contributed by atoms with Crippen LogP contribution < -0.4 is 5.32 Å². The van der Waals surface area contributed by atoms with Gasteiger partial charge in [0.2, 0.25) is 0 Å². The molecule has 0 aromatic carbocycles. The van der Waals surface area contributed by atoms with Crippen molar-refractivity contribution >= 4 is 12.0 Å². The van der Waals surface area contributed by atoms with E-state index in [9.17, 15) is 9.59 Å². The molecule has 1 saturated heterocycles. The number of hydrogen-bond acceptors (Lipinski definition) is 2. The maximum Gasteiger partial charge on any atom is 0.325 e. The van der Waals surface area contributed by atoms with E-state index in [-0.39, 0.29) is 6.03 Å². The molecular weight excluding hydrogens is 184 g/mol. The molecule has 0 aliphatic carbocycles. The Morgan fingerprint density at radius 1 is 1.57 bits per heavy atom. The number of carbonyl (C=O) groups excluding carboxylic acids is 1. The number of hydrogen-bond donors (Lipinski definition) is 2. The highest BCUT2D eigenvalue weighted by Crippen LogP contribution is 2.14. The lowest BCUT2D eigenvalue weighted by Gasteiger charge is -2.18. The van der Waals surface area contributed by atoms with Crippen LogP contribution in [0, 0.1) is 5.92 Å². The smallest absolute Gasteiger partial charge is 0.325 e. The Balaban J connectivity index is 2.39. The van der Waals surface area contributed by atoms with E-state index < -0.39 is 12.0 Å². The number of urea groups is 1. The summed E-state index contributed by atoms with van der Waals surface area (Å²) in [5.41, 5.74) is 0. The van der Waals surface area contributed by atoms with Crippen LogP contribution in [0.25, 0.3) is 0 Å². The van der Waals surface area contributed by atoms with E-state index in [1.807, 2.05) is 0 Å². The fourth-order valence-electron chi connectivity index (χ4n) is 1.46. The number of carboxylic acid groups (broad SMARTS) is 1. The zero-order chi connectivity index (χ0) is 10.7. The molecule has 2 amide bonds. The number of carboxylic acids is 1. The third-order valence-corrected chi connectivity index (χ3v) is 2.42. The van der Waals surface area contributed by atoms with Crippen LogP contribution in [-0.4, -0.2) is 41.1 Å². The van der Waals surface area contributed by atoms with Crippen LogP contribution in [0.2, 0.25) is 0 Å². The van der Waals surface area contributed by atoms with Crippen molar-refractivity contribution in [1.82, 2.24) is 10.2 Å². The van der Waals surface area contributed by atoms with Crippen molar-refractivity contribution in [2.45, 2.75) is 26.3 Å². The molecule has 80 valence electrons. The Hall–Kier alpha value is -1.26. The molecule has 2 unspecified atom stereocenters. The topological polar surface area (TPSA) is 69.6 Å². The monoisotopic (exact) mass is 200 g/mol. The quantitative estimate of drug-likeness (QED) is 0.682. The van der Waals surface area contributed by atoms with Gasteiger partial charge >= 0.3 is 12.0 Å². The van der Waals surface area contributed by atoms with Crippen LogP contribution in [0.3, 0.4) is 0 Å². The fourth-order valence-corrected chi connectivity index (χ4v) is 1.46. The summed E-state index contributed by atoms with van der Waals surface area (Å²) in [6.07, 6.45) is 0.995. The van der Waals surface area contributed by atoms with E-state index in [0.717, 1.165) is 19.5 Å². The molecule has 14 heavy (non-hydrogen) atoms. The van der Waals surface area contributed by atoms with E-state index >= 15 is 0 Å². The molecule has 5 nitrogen and oxygen atoms in total. The van der Waals surface area contributed by atoms with Crippen molar-refractivity contribution < 1.29 is 14.7 Å². The fraction of sp³-hybridized carbons (Fsp3) is 0.778. The second-order valence-electron chi connectivity index (χ2n) is 3.85. The SMILES string of the molecule is CC1CCN(C(=O)NC(C)C(=O)O)C1. The van der Waals surface area contributed by atoms with Gasteiger partial charge in [0.25, 0.3) is 0 Å². The van der Waals surface area contributed by atoms with E-state index in [1.165, 1.54) is 6.92 Å². The van der Waals surface area contributed by atoms with Crippen LogP contribution in [0.5, 0.6) is 0 Å². The third kappa shape index (κ3) is 2.61. The van der Waals surface area contributed by atoms with Crippen molar-refractivity contribution in [2.24, 2.45) is 5.92 Å². The molecule has 0 radical (unpaired) electrons. The Kier molecular flexibility index (Phi) is 3.33. The van der Waals surface area contributed by atoms with Gasteiger partial charge in [0.15, 0.2) is 0 Å². The minimum atomic E-state index is -1.01. The van der Waals surface area contributed by atoms with E-state index in [0.29, 0.717) is 5.92 Å². The van der Waals surface area contributed by atoms with Crippen molar-refractivity contribution in [2.75, 3.05) is 13.1 Å². The molecular formula is C9H16N2O3. The number of likely N-dealkylation sites (tertiary alicyclic amines) is 1. The van der Waals surface area contributed by atoms with Gasteiger partial charge in [-0.15, -0.1) is 0 Å². The van der Waals surface area contributed by atoms with Crippen molar-refractivity contribution in [3.63, 3.8) is 0 Å². The summed E-state index contributed by atoms with van der Waals surface area (Å²) in [5, 5.41) is 11.0. The first-order valence-electron chi connectivity index (χ1n) is 4.79. The maximum atomic E-state index is 11.5. The van der Waals surface area contributed by atoms with E-state index in [1.54, 1.807) is 4.90 Å². The molecule has 2 N–H and O–H groups in total. The number of carbonyl (C=O) groups is 2. The molecule has 1 aliphatic heterocycles. The first-order chi connectivity index (χ1) is 6.50. The first-order valence-corrected chi connectivity index (χ1v) is 4.79. The van der Waals surface area contributed by atoms with Gasteiger partial charge in [0, 0.05) is 13.1 Å². The summed E-state index contributed by atoms with van der Waals surface area (Å²) >= 11 is 0. The molecule has 1 fully saturated rings. The average molecular weight is 200 g/mol. The van der Waals surface area contributed by atoms with E-state index in [2.05, 4.69) is 12.2 Å². The predicted octanol–water partition coefficient (Wildman–Crippen LogP) is 0.511. The zero-order valence-electron chi connectivity index (χ0n) is 8.49. The number of rotatable bonds is 2. The normalized spacial score (nSPS) is 23.3. The molecule has 0 bridgehead atoms. The van der Waals surface area contributed by atoms with Crippen molar-refractivity contribution in [3.8, 4) is 0 Å². The van der Waals surface area contributed by atoms with Gasteiger partial charge in [0.1, 0.15) is 6.04 Å². The van der Waals surface area contributed by atoms with Crippen molar-refractivity contribution in [1.29, 1.82) is 0 Å². The number of nitrogens with zero attached hydrogens (tertiary/aromatic N) is 1. The molecule has 0 saturated carbocycles. The maximum absolute atomic E-state index is 11.5. The van der Waals surface area contributed by atoms with Crippen molar-refractivity contribution in [3.05, 3.63) is 0 Å². The standard InChI is InChI=1S/C9H16N2O3/c1-6-3-4-11(5-6)9(14)10-7(2)8(12)13/h6-7H,3-5H2,1-2H3,(H,10,14)(H,12,13). The average Bonchev–Trinajstić information content (AvgIpc) is 2.51. The Morgan fingerprint density at radius 3 is 2.64 bits per heavy atom. The second kappa shape index (κ2) is 4.30. The van der Waals surface area contributed by atoms with Gasteiger partial charge in [-0.05, 0) is 19.3 Å². The highest BCUT2D eigenvalue weighted by Gasteiger charge is 2.25. The summed E-state index contributed by atoms with van der Waals surface area (Å²) in [6.45, 7) is 4.98. The molecule has 0 spiro atoms. The minimum absolute atomic E-state index is 0.274. The highest BCUT2D eigenvalue weighted by atomic mass is 16.4. The summed E-state index contributed by atoms with van der Waals surface area (Å²) in [7, 11) is 0. The molecule has 0 aromatic heterocycles. The molecule has 5 heteroatoms.